The fourth-order valence-corrected chi connectivity index (χ4v) is 4.29. The van der Waals surface area contributed by atoms with E-state index in [-0.39, 0.29) is 40.7 Å². The molecule has 8 nitrogen and oxygen atoms in total. The van der Waals surface area contributed by atoms with Crippen molar-refractivity contribution < 1.29 is 23.5 Å². The number of methoxy groups -OCH3 is 2. The molecule has 1 aliphatic rings. The van der Waals surface area contributed by atoms with Crippen molar-refractivity contribution in [2.24, 2.45) is 5.92 Å². The normalized spacial score (nSPS) is 14.9. The van der Waals surface area contributed by atoms with Crippen LogP contribution in [0.5, 0.6) is 0 Å². The van der Waals surface area contributed by atoms with Crippen molar-refractivity contribution in [2.75, 3.05) is 27.3 Å². The number of benzene rings is 1. The second-order valence-corrected chi connectivity index (χ2v) is 7.90. The van der Waals surface area contributed by atoms with Crippen LogP contribution in [0.25, 0.3) is 16.7 Å². The summed E-state index contributed by atoms with van der Waals surface area (Å²) in [6.45, 7) is 1.30. The van der Waals surface area contributed by atoms with Gasteiger partial charge in [0.2, 0.25) is 5.95 Å². The zero-order valence-corrected chi connectivity index (χ0v) is 18.4. The minimum atomic E-state index is -0.764. The molecule has 1 aliphatic heterocycles. The number of aromatic nitrogens is 2. The fraction of sp³-hybridized carbons (Fsp3) is 0.333. The van der Waals surface area contributed by atoms with E-state index in [0.717, 1.165) is 6.07 Å². The van der Waals surface area contributed by atoms with Gasteiger partial charge in [0.15, 0.2) is 11.1 Å². The second-order valence-electron chi connectivity index (χ2n) is 7.90. The van der Waals surface area contributed by atoms with Gasteiger partial charge < -0.3 is 9.47 Å². The number of carbonyl (C=O) groups is 2. The number of halogens is 1. The fourth-order valence-electron chi connectivity index (χ4n) is 4.29. The molecule has 33 heavy (non-hydrogen) atoms. The number of nitrogens with zero attached hydrogens (tertiary/aromatic N) is 3. The van der Waals surface area contributed by atoms with Crippen LogP contribution in [0.4, 0.5) is 4.39 Å². The van der Waals surface area contributed by atoms with Crippen LogP contribution in [0.15, 0.2) is 47.3 Å². The van der Waals surface area contributed by atoms with Gasteiger partial charge in [0, 0.05) is 17.8 Å². The number of fused-ring (bicyclic) bond motifs is 1. The van der Waals surface area contributed by atoms with Crippen molar-refractivity contribution >= 4 is 23.0 Å². The van der Waals surface area contributed by atoms with Crippen molar-refractivity contribution in [3.05, 3.63) is 69.9 Å². The van der Waals surface area contributed by atoms with E-state index in [9.17, 15) is 18.8 Å². The molecule has 0 spiro atoms. The van der Waals surface area contributed by atoms with E-state index in [1.54, 1.807) is 24.3 Å². The Kier molecular flexibility index (Phi) is 6.50. The lowest BCUT2D eigenvalue weighted by Gasteiger charge is -2.31. The average molecular weight is 453 g/mol. The van der Waals surface area contributed by atoms with E-state index in [0.29, 0.717) is 31.6 Å². The first-order valence-corrected chi connectivity index (χ1v) is 10.6. The topological polar surface area (TPSA) is 90.7 Å². The van der Waals surface area contributed by atoms with Gasteiger partial charge in [-0.3, -0.25) is 19.1 Å². The maximum Gasteiger partial charge on any atom is 0.355 e. The molecular weight excluding hydrogens is 429 g/mol. The van der Waals surface area contributed by atoms with E-state index in [1.165, 1.54) is 24.9 Å². The maximum atomic E-state index is 14.1. The van der Waals surface area contributed by atoms with Crippen LogP contribution in [-0.2, 0) is 20.8 Å². The molecule has 0 unspecified atom stereocenters. The van der Waals surface area contributed by atoms with Crippen molar-refractivity contribution in [3.8, 4) is 5.69 Å². The van der Waals surface area contributed by atoms with E-state index in [2.05, 4.69) is 4.98 Å². The Hall–Kier alpha value is -3.59. The number of esters is 2. The molecule has 1 aromatic carbocycles. The molecule has 0 bridgehead atoms. The lowest BCUT2D eigenvalue weighted by Crippen LogP contribution is -2.38. The Bertz CT molecular complexity index is 1250. The molecule has 0 aliphatic carbocycles. The lowest BCUT2D eigenvalue weighted by atomic mass is 9.96. The van der Waals surface area contributed by atoms with E-state index < -0.39 is 17.3 Å². The molecule has 1 saturated heterocycles. The number of hydrogen-bond donors (Lipinski definition) is 0. The molecule has 0 amide bonds. The van der Waals surface area contributed by atoms with Crippen LogP contribution in [0.1, 0.15) is 28.9 Å². The largest absolute Gasteiger partial charge is 0.469 e. The van der Waals surface area contributed by atoms with Crippen molar-refractivity contribution in [1.29, 1.82) is 0 Å². The predicted molar refractivity (Wildman–Crippen MR) is 119 cm³/mol. The molecule has 2 aromatic heterocycles. The number of hydrogen-bond acceptors (Lipinski definition) is 7. The summed E-state index contributed by atoms with van der Waals surface area (Å²) in [6, 6.07) is 11.4. The first-order chi connectivity index (χ1) is 15.9. The van der Waals surface area contributed by atoms with Crippen molar-refractivity contribution in [2.45, 2.75) is 19.4 Å². The first-order valence-electron chi connectivity index (χ1n) is 10.6. The van der Waals surface area contributed by atoms with Gasteiger partial charge in [-0.2, -0.15) is 4.39 Å². The van der Waals surface area contributed by atoms with E-state index in [1.807, 2.05) is 11.0 Å². The van der Waals surface area contributed by atoms with Gasteiger partial charge in [0.05, 0.1) is 25.5 Å². The van der Waals surface area contributed by atoms with Crippen LogP contribution in [0.3, 0.4) is 0 Å². The molecule has 0 N–H and O–H groups in total. The van der Waals surface area contributed by atoms with Gasteiger partial charge in [-0.15, -0.1) is 0 Å². The Labute approximate surface area is 189 Å². The number of ether oxygens (including phenoxy) is 2. The summed E-state index contributed by atoms with van der Waals surface area (Å²) in [7, 11) is 2.60. The molecule has 172 valence electrons. The number of pyridine rings is 2. The minimum Gasteiger partial charge on any atom is -0.469 e. The molecule has 4 rings (SSSR count). The summed E-state index contributed by atoms with van der Waals surface area (Å²) in [5.41, 5.74) is 0.434. The van der Waals surface area contributed by atoms with Gasteiger partial charge >= 0.3 is 11.9 Å². The molecule has 9 heteroatoms. The third-order valence-corrected chi connectivity index (χ3v) is 5.98. The smallest absolute Gasteiger partial charge is 0.355 e. The highest BCUT2D eigenvalue weighted by atomic mass is 19.1. The highest BCUT2D eigenvalue weighted by Gasteiger charge is 2.30. The van der Waals surface area contributed by atoms with E-state index in [4.69, 9.17) is 9.47 Å². The number of rotatable bonds is 5. The summed E-state index contributed by atoms with van der Waals surface area (Å²) in [5.74, 6) is -1.91. The average Bonchev–Trinajstić information content (AvgIpc) is 2.85. The molecule has 3 heterocycles. The quantitative estimate of drug-likeness (QED) is 0.433. The second kappa shape index (κ2) is 9.50. The summed E-state index contributed by atoms with van der Waals surface area (Å²) >= 11 is 0. The van der Waals surface area contributed by atoms with Gasteiger partial charge in [0.25, 0.3) is 0 Å². The van der Waals surface area contributed by atoms with Gasteiger partial charge in [-0.05, 0) is 50.2 Å². The number of likely N-dealkylation sites (tertiary alicyclic amines) is 1. The SMILES string of the molecule is COC(=O)c1c(CN2CCC(C(=O)OC)CC2)c(=O)c2ccc(F)nc2n1-c1ccccc1. The Morgan fingerprint density at radius 1 is 1.06 bits per heavy atom. The minimum absolute atomic E-state index is 0.00870. The zero-order chi connectivity index (χ0) is 23.5. The summed E-state index contributed by atoms with van der Waals surface area (Å²) in [5, 5.41) is 0.201. The maximum absolute atomic E-state index is 14.1. The zero-order valence-electron chi connectivity index (χ0n) is 18.4. The van der Waals surface area contributed by atoms with Crippen molar-refractivity contribution in [3.63, 3.8) is 0 Å². The first kappa shape index (κ1) is 22.6. The summed E-state index contributed by atoms with van der Waals surface area (Å²) < 4.78 is 25.4. The lowest BCUT2D eigenvalue weighted by molar-refractivity contribution is -0.147. The summed E-state index contributed by atoms with van der Waals surface area (Å²) in [4.78, 5) is 44.2. The standard InChI is InChI=1S/C24H24FN3O5/c1-32-23(30)15-10-12-27(13-11-15)14-18-20(24(31)33-2)28(16-6-4-3-5-7-16)22-17(21(18)29)8-9-19(25)26-22/h3-9,15H,10-14H2,1-2H3. The number of piperidine rings is 1. The van der Waals surface area contributed by atoms with Gasteiger partial charge in [-0.25, -0.2) is 9.78 Å². The highest BCUT2D eigenvalue weighted by molar-refractivity contribution is 5.94. The van der Waals surface area contributed by atoms with Gasteiger partial charge in [-0.1, -0.05) is 18.2 Å². The van der Waals surface area contributed by atoms with E-state index >= 15 is 0 Å². The number of para-hydroxylation sites is 1. The van der Waals surface area contributed by atoms with Crippen LogP contribution in [0, 0.1) is 11.9 Å². The Morgan fingerprint density at radius 2 is 1.76 bits per heavy atom. The summed E-state index contributed by atoms with van der Waals surface area (Å²) in [6.07, 6.45) is 1.18. The highest BCUT2D eigenvalue weighted by Crippen LogP contribution is 2.25. The predicted octanol–water partition coefficient (Wildman–Crippen LogP) is 2.70. The van der Waals surface area contributed by atoms with Crippen molar-refractivity contribution in [1.82, 2.24) is 14.5 Å². The van der Waals surface area contributed by atoms with Crippen LogP contribution in [0.2, 0.25) is 0 Å². The molecule has 0 radical (unpaired) electrons. The number of carbonyl (C=O) groups excluding carboxylic acids is 2. The monoisotopic (exact) mass is 453 g/mol. The van der Waals surface area contributed by atoms with Gasteiger partial charge in [0.1, 0.15) is 5.69 Å². The van der Waals surface area contributed by atoms with Crippen LogP contribution in [-0.4, -0.2) is 53.7 Å². The van der Waals surface area contributed by atoms with Crippen LogP contribution >= 0.6 is 0 Å². The third kappa shape index (κ3) is 4.36. The molecule has 1 fully saturated rings. The molecular formula is C24H24FN3O5. The Morgan fingerprint density at radius 3 is 2.39 bits per heavy atom. The molecule has 0 saturated carbocycles. The Balaban J connectivity index is 1.87. The molecule has 0 atom stereocenters. The van der Waals surface area contributed by atoms with Crippen LogP contribution < -0.4 is 5.43 Å². The molecule has 3 aromatic rings. The third-order valence-electron chi connectivity index (χ3n) is 5.98.